The maximum Gasteiger partial charge on any atom is 0.316 e. The number of morpholine rings is 1. The van der Waals surface area contributed by atoms with Crippen LogP contribution in [0.3, 0.4) is 0 Å². The van der Waals surface area contributed by atoms with Gasteiger partial charge in [-0.3, -0.25) is 4.79 Å². The fourth-order valence-corrected chi connectivity index (χ4v) is 2.08. The van der Waals surface area contributed by atoms with E-state index in [2.05, 4.69) is 16.6 Å². The molecule has 0 unspecified atom stereocenters. The van der Waals surface area contributed by atoms with Crippen molar-refractivity contribution in [1.29, 1.82) is 0 Å². The van der Waals surface area contributed by atoms with Gasteiger partial charge in [0.1, 0.15) is 6.04 Å². The monoisotopic (exact) mass is 295 g/mol. The quantitative estimate of drug-likeness (QED) is 0.729. The van der Waals surface area contributed by atoms with E-state index in [-0.39, 0.29) is 17.9 Å². The predicted octanol–water partition coefficient (Wildman–Crippen LogP) is 0.581. The minimum Gasteiger partial charge on any atom is -0.378 e. The highest BCUT2D eigenvalue weighted by Crippen LogP contribution is 2.04. The van der Waals surface area contributed by atoms with Gasteiger partial charge >= 0.3 is 6.03 Å². The van der Waals surface area contributed by atoms with E-state index in [4.69, 9.17) is 11.2 Å². The molecule has 0 radical (unpaired) electrons. The molecule has 0 aliphatic carbocycles. The molecule has 1 heterocycles. The molecule has 3 amide bonds. The highest BCUT2D eigenvalue weighted by molar-refractivity contribution is 5.87. The van der Waals surface area contributed by atoms with Crippen molar-refractivity contribution < 1.29 is 14.3 Å². The van der Waals surface area contributed by atoms with Gasteiger partial charge in [-0.15, -0.1) is 6.42 Å². The van der Waals surface area contributed by atoms with Crippen molar-refractivity contribution in [1.82, 2.24) is 15.5 Å². The van der Waals surface area contributed by atoms with Crippen LogP contribution >= 0.6 is 0 Å². The van der Waals surface area contributed by atoms with Crippen LogP contribution in [0, 0.1) is 18.3 Å². The number of rotatable bonds is 5. The van der Waals surface area contributed by atoms with Gasteiger partial charge in [-0.2, -0.15) is 0 Å². The molecule has 1 aliphatic heterocycles. The molecule has 1 rings (SSSR count). The van der Waals surface area contributed by atoms with Crippen LogP contribution in [0.15, 0.2) is 0 Å². The van der Waals surface area contributed by atoms with Gasteiger partial charge in [0.15, 0.2) is 0 Å². The summed E-state index contributed by atoms with van der Waals surface area (Å²) in [6, 6.07) is -1.28. The maximum atomic E-state index is 12.3. The van der Waals surface area contributed by atoms with Gasteiger partial charge in [-0.25, -0.2) is 4.79 Å². The average molecular weight is 295 g/mol. The van der Waals surface area contributed by atoms with E-state index in [1.165, 1.54) is 0 Å². The summed E-state index contributed by atoms with van der Waals surface area (Å²) in [6.45, 7) is 7.95. The Morgan fingerprint density at radius 1 is 1.29 bits per heavy atom. The fraction of sp³-hybridized carbons (Fsp3) is 0.733. The lowest BCUT2D eigenvalue weighted by atomic mass is 10.1. The average Bonchev–Trinajstić information content (AvgIpc) is 2.50. The molecule has 2 N–H and O–H groups in total. The van der Waals surface area contributed by atoms with Gasteiger partial charge in [0.05, 0.1) is 19.3 Å². The molecule has 0 aromatic rings. The third kappa shape index (κ3) is 5.27. The van der Waals surface area contributed by atoms with Gasteiger partial charge in [0.2, 0.25) is 5.91 Å². The van der Waals surface area contributed by atoms with Crippen LogP contribution in [0.4, 0.5) is 4.79 Å². The molecule has 0 aromatic heterocycles. The van der Waals surface area contributed by atoms with Crippen LogP contribution in [0.25, 0.3) is 0 Å². The summed E-state index contributed by atoms with van der Waals surface area (Å²) in [7, 11) is 0. The Morgan fingerprint density at radius 3 is 2.38 bits per heavy atom. The van der Waals surface area contributed by atoms with Crippen molar-refractivity contribution in [3.05, 3.63) is 0 Å². The lowest BCUT2D eigenvalue weighted by molar-refractivity contribution is -0.137. The number of nitrogens with one attached hydrogen (secondary N) is 2. The van der Waals surface area contributed by atoms with Crippen LogP contribution in [0.1, 0.15) is 27.2 Å². The lowest BCUT2D eigenvalue weighted by Gasteiger charge is -2.30. The standard InChI is InChI=1S/C15H25N3O3/c1-5-12(11(3)4)16-15(20)17-13(6-2)14(19)18-7-9-21-10-8-18/h1,11-13H,6-10H2,2-4H3,(H2,16,17,20)/t12-,13-/m1/s1. The summed E-state index contributed by atoms with van der Waals surface area (Å²) in [6.07, 6.45) is 5.91. The molecule has 2 atom stereocenters. The van der Waals surface area contributed by atoms with E-state index in [9.17, 15) is 9.59 Å². The van der Waals surface area contributed by atoms with E-state index >= 15 is 0 Å². The number of ether oxygens (including phenoxy) is 1. The van der Waals surface area contributed by atoms with E-state index in [1.54, 1.807) is 4.90 Å². The second-order valence-electron chi connectivity index (χ2n) is 5.40. The molecule has 1 fully saturated rings. The van der Waals surface area contributed by atoms with Gasteiger partial charge in [-0.05, 0) is 12.3 Å². The molecule has 6 nitrogen and oxygen atoms in total. The first-order valence-corrected chi connectivity index (χ1v) is 7.39. The van der Waals surface area contributed by atoms with Crippen molar-refractivity contribution in [3.8, 4) is 12.3 Å². The van der Waals surface area contributed by atoms with Gasteiger partial charge in [0, 0.05) is 13.1 Å². The molecule has 0 bridgehead atoms. The summed E-state index contributed by atoms with van der Waals surface area (Å²) in [4.78, 5) is 26.0. The number of nitrogens with zero attached hydrogens (tertiary/aromatic N) is 1. The third-order valence-electron chi connectivity index (χ3n) is 3.47. The van der Waals surface area contributed by atoms with Crippen molar-refractivity contribution in [3.63, 3.8) is 0 Å². The van der Waals surface area contributed by atoms with Gasteiger partial charge in [0.25, 0.3) is 0 Å². The molecular formula is C15H25N3O3. The Kier molecular flexibility index (Phi) is 7.03. The fourth-order valence-electron chi connectivity index (χ4n) is 2.08. The Morgan fingerprint density at radius 2 is 1.90 bits per heavy atom. The topological polar surface area (TPSA) is 70.7 Å². The number of hydrogen-bond acceptors (Lipinski definition) is 3. The van der Waals surface area contributed by atoms with Crippen LogP contribution in [-0.4, -0.2) is 55.2 Å². The highest BCUT2D eigenvalue weighted by atomic mass is 16.5. The molecule has 21 heavy (non-hydrogen) atoms. The molecule has 1 aliphatic rings. The molecule has 0 spiro atoms. The van der Waals surface area contributed by atoms with Crippen molar-refractivity contribution in [2.45, 2.75) is 39.3 Å². The zero-order chi connectivity index (χ0) is 15.8. The Labute approximate surface area is 126 Å². The first-order chi connectivity index (χ1) is 9.99. The van der Waals surface area contributed by atoms with Crippen molar-refractivity contribution in [2.75, 3.05) is 26.3 Å². The number of amides is 3. The summed E-state index contributed by atoms with van der Waals surface area (Å²) >= 11 is 0. The second kappa shape index (κ2) is 8.53. The van der Waals surface area contributed by atoms with Gasteiger partial charge < -0.3 is 20.3 Å². The normalized spacial score (nSPS) is 17.8. The number of hydrogen-bond donors (Lipinski definition) is 2. The third-order valence-corrected chi connectivity index (χ3v) is 3.47. The molecule has 0 saturated carbocycles. The molecular weight excluding hydrogens is 270 g/mol. The zero-order valence-corrected chi connectivity index (χ0v) is 13.0. The number of carbonyl (C=O) groups is 2. The van der Waals surface area contributed by atoms with Crippen molar-refractivity contribution in [2.24, 2.45) is 5.92 Å². The molecule has 1 saturated heterocycles. The minimum absolute atomic E-state index is 0.0715. The molecule has 6 heteroatoms. The summed E-state index contributed by atoms with van der Waals surface area (Å²) < 4.78 is 5.22. The number of terminal acetylenes is 1. The Hall–Kier alpha value is -1.74. The van der Waals surface area contributed by atoms with E-state index < -0.39 is 12.1 Å². The summed E-state index contributed by atoms with van der Waals surface area (Å²) in [5, 5.41) is 5.41. The maximum absolute atomic E-state index is 12.3. The predicted molar refractivity (Wildman–Crippen MR) is 80.6 cm³/mol. The minimum atomic E-state index is -0.534. The lowest BCUT2D eigenvalue weighted by Crippen LogP contribution is -2.54. The van der Waals surface area contributed by atoms with Gasteiger partial charge in [-0.1, -0.05) is 26.7 Å². The molecule has 0 aromatic carbocycles. The first-order valence-electron chi connectivity index (χ1n) is 7.39. The van der Waals surface area contributed by atoms with E-state index in [1.807, 2.05) is 20.8 Å². The number of urea groups is 1. The Balaban J connectivity index is 2.54. The SMILES string of the molecule is C#C[C@@H](NC(=O)N[C@H](CC)C(=O)N1CCOCC1)C(C)C. The largest absolute Gasteiger partial charge is 0.378 e. The summed E-state index contributed by atoms with van der Waals surface area (Å²) in [5.74, 6) is 2.60. The second-order valence-corrected chi connectivity index (χ2v) is 5.40. The van der Waals surface area contributed by atoms with Crippen LogP contribution < -0.4 is 10.6 Å². The van der Waals surface area contributed by atoms with Crippen LogP contribution in [-0.2, 0) is 9.53 Å². The number of carbonyl (C=O) groups excluding carboxylic acids is 2. The van der Waals surface area contributed by atoms with Crippen LogP contribution in [0.2, 0.25) is 0 Å². The zero-order valence-electron chi connectivity index (χ0n) is 13.0. The molecule has 118 valence electrons. The smallest absolute Gasteiger partial charge is 0.316 e. The van der Waals surface area contributed by atoms with Crippen LogP contribution in [0.5, 0.6) is 0 Å². The summed E-state index contributed by atoms with van der Waals surface area (Å²) in [5.41, 5.74) is 0. The van der Waals surface area contributed by atoms with E-state index in [0.717, 1.165) is 0 Å². The first kappa shape index (κ1) is 17.3. The highest BCUT2D eigenvalue weighted by Gasteiger charge is 2.26. The van der Waals surface area contributed by atoms with Crippen molar-refractivity contribution >= 4 is 11.9 Å². The van der Waals surface area contributed by atoms with E-state index in [0.29, 0.717) is 32.7 Å². The Bertz CT molecular complexity index is 397.